The zero-order chi connectivity index (χ0) is 20.4. The van der Waals surface area contributed by atoms with Gasteiger partial charge in [0.25, 0.3) is 0 Å². The summed E-state index contributed by atoms with van der Waals surface area (Å²) < 4.78 is 6.02. The van der Waals surface area contributed by atoms with Crippen LogP contribution in [-0.4, -0.2) is 72.5 Å². The van der Waals surface area contributed by atoms with Crippen LogP contribution in [0.1, 0.15) is 30.0 Å². The molecule has 2 aromatic heterocycles. The second-order valence-corrected chi connectivity index (χ2v) is 8.92. The summed E-state index contributed by atoms with van der Waals surface area (Å²) in [4.78, 5) is 18.3. The minimum absolute atomic E-state index is 0.0897. The van der Waals surface area contributed by atoms with Crippen LogP contribution in [0.5, 0.6) is 0 Å². The second kappa shape index (κ2) is 8.61. The van der Waals surface area contributed by atoms with Crippen molar-refractivity contribution in [3.8, 4) is 6.07 Å². The van der Waals surface area contributed by atoms with Crippen molar-refractivity contribution in [3.05, 3.63) is 27.7 Å². The number of anilines is 2. The molecule has 0 spiro atoms. The fraction of sp³-hybridized carbons (Fsp3) is 0.526. The van der Waals surface area contributed by atoms with E-state index in [4.69, 9.17) is 16.3 Å². The van der Waals surface area contributed by atoms with Gasteiger partial charge in [0.2, 0.25) is 0 Å². The van der Waals surface area contributed by atoms with Gasteiger partial charge in [-0.3, -0.25) is 5.10 Å². The van der Waals surface area contributed by atoms with Crippen LogP contribution in [0.2, 0.25) is 4.34 Å². The number of nitrogens with zero attached hydrogens (tertiary/aromatic N) is 5. The number of likely N-dealkylation sites (tertiary alicyclic amines) is 1. The molecule has 2 saturated heterocycles. The predicted octanol–water partition coefficient (Wildman–Crippen LogP) is 3.40. The van der Waals surface area contributed by atoms with Crippen molar-refractivity contribution in [3.63, 3.8) is 0 Å². The van der Waals surface area contributed by atoms with Crippen LogP contribution >= 0.6 is 22.9 Å². The number of nitrogens with one attached hydrogen (secondary N) is 1. The summed E-state index contributed by atoms with van der Waals surface area (Å²) in [6.45, 7) is 3.87. The van der Waals surface area contributed by atoms with E-state index in [0.29, 0.717) is 55.1 Å². The molecular weight excluding hydrogens is 412 g/mol. The van der Waals surface area contributed by atoms with E-state index in [9.17, 15) is 10.1 Å². The molecule has 2 amide bonds. The number of aromatic nitrogens is 2. The summed E-state index contributed by atoms with van der Waals surface area (Å²) in [7, 11) is 1.88. The first-order valence-electron chi connectivity index (χ1n) is 9.67. The Bertz CT molecular complexity index is 908. The number of carbonyl (C=O) groups is 1. The quantitative estimate of drug-likeness (QED) is 0.799. The number of halogens is 1. The molecule has 8 nitrogen and oxygen atoms in total. The van der Waals surface area contributed by atoms with Gasteiger partial charge in [0.1, 0.15) is 11.6 Å². The number of rotatable bonds is 3. The molecule has 0 radical (unpaired) electrons. The highest BCUT2D eigenvalue weighted by molar-refractivity contribution is 7.20. The third-order valence-corrected chi connectivity index (χ3v) is 6.86. The molecular formula is C19H23ClN6O2S. The highest BCUT2D eigenvalue weighted by Crippen LogP contribution is 2.37. The number of carbonyl (C=O) groups excluding carboxylic acids is 1. The van der Waals surface area contributed by atoms with Gasteiger partial charge >= 0.3 is 6.03 Å². The van der Waals surface area contributed by atoms with Gasteiger partial charge in [-0.15, -0.1) is 11.3 Å². The van der Waals surface area contributed by atoms with Gasteiger partial charge < -0.3 is 19.4 Å². The molecule has 2 aliphatic rings. The van der Waals surface area contributed by atoms with Crippen molar-refractivity contribution in [1.29, 1.82) is 5.26 Å². The molecule has 4 heterocycles. The standard InChI is InChI=1S/C19H23ClN6O2S/c1-24(16-3-2-15(20)29-16)18-14(12-21)17(22-23-18)13-4-6-25(7-5-13)19(27)26-8-10-28-11-9-26/h2-3,13H,4-11H2,1H3,(H,22,23). The monoisotopic (exact) mass is 434 g/mol. The van der Waals surface area contributed by atoms with Crippen molar-refractivity contribution < 1.29 is 9.53 Å². The van der Waals surface area contributed by atoms with Crippen LogP contribution in [0, 0.1) is 11.3 Å². The first-order chi connectivity index (χ1) is 14.1. The van der Waals surface area contributed by atoms with Crippen LogP contribution in [-0.2, 0) is 4.74 Å². The topological polar surface area (TPSA) is 88.5 Å². The van der Waals surface area contributed by atoms with E-state index in [1.165, 1.54) is 11.3 Å². The van der Waals surface area contributed by atoms with Crippen molar-refractivity contribution >= 4 is 39.8 Å². The van der Waals surface area contributed by atoms with E-state index in [2.05, 4.69) is 16.3 Å². The number of piperidine rings is 1. The zero-order valence-electron chi connectivity index (χ0n) is 16.2. The van der Waals surface area contributed by atoms with E-state index in [0.717, 1.165) is 23.5 Å². The van der Waals surface area contributed by atoms with Crippen LogP contribution in [0.15, 0.2) is 12.1 Å². The van der Waals surface area contributed by atoms with Crippen LogP contribution in [0.4, 0.5) is 15.6 Å². The first kappa shape index (κ1) is 20.0. The number of urea groups is 1. The first-order valence-corrected chi connectivity index (χ1v) is 10.9. The number of H-pyrrole nitrogens is 1. The summed E-state index contributed by atoms with van der Waals surface area (Å²) in [6.07, 6.45) is 1.61. The summed E-state index contributed by atoms with van der Waals surface area (Å²) in [6, 6.07) is 6.16. The Labute approximate surface area is 178 Å². The molecule has 10 heteroatoms. The van der Waals surface area contributed by atoms with Gasteiger partial charge in [-0.2, -0.15) is 10.4 Å². The van der Waals surface area contributed by atoms with E-state index < -0.39 is 0 Å². The van der Waals surface area contributed by atoms with Gasteiger partial charge in [0.05, 0.1) is 28.2 Å². The Hall–Kier alpha value is -2.28. The lowest BCUT2D eigenvalue weighted by atomic mass is 9.91. The number of ether oxygens (including phenoxy) is 1. The molecule has 2 fully saturated rings. The Morgan fingerprint density at radius 1 is 1.31 bits per heavy atom. The van der Waals surface area contributed by atoms with Crippen molar-refractivity contribution in [2.45, 2.75) is 18.8 Å². The molecule has 2 aromatic rings. The number of aromatic amines is 1. The molecule has 29 heavy (non-hydrogen) atoms. The highest BCUT2D eigenvalue weighted by atomic mass is 35.5. The third kappa shape index (κ3) is 4.06. The number of hydrogen-bond acceptors (Lipinski definition) is 6. The predicted molar refractivity (Wildman–Crippen MR) is 112 cm³/mol. The summed E-state index contributed by atoms with van der Waals surface area (Å²) in [5, 5.41) is 18.2. The largest absolute Gasteiger partial charge is 0.378 e. The third-order valence-electron chi connectivity index (χ3n) is 5.55. The van der Waals surface area contributed by atoms with E-state index >= 15 is 0 Å². The molecule has 0 aromatic carbocycles. The molecule has 0 aliphatic carbocycles. The molecule has 1 N–H and O–H groups in total. The maximum Gasteiger partial charge on any atom is 0.320 e. The van der Waals surface area contributed by atoms with Crippen LogP contribution in [0.25, 0.3) is 0 Å². The van der Waals surface area contributed by atoms with E-state index in [-0.39, 0.29) is 11.9 Å². The molecule has 0 saturated carbocycles. The van der Waals surface area contributed by atoms with Gasteiger partial charge in [-0.1, -0.05) is 11.6 Å². The van der Waals surface area contributed by atoms with Gasteiger partial charge in [-0.05, 0) is 25.0 Å². The Morgan fingerprint density at radius 2 is 2.00 bits per heavy atom. The fourth-order valence-corrected chi connectivity index (χ4v) is 4.89. The molecule has 154 valence electrons. The summed E-state index contributed by atoms with van der Waals surface area (Å²) in [5.74, 6) is 0.785. The molecule has 4 rings (SSSR count). The second-order valence-electron chi connectivity index (χ2n) is 7.23. The minimum Gasteiger partial charge on any atom is -0.378 e. The van der Waals surface area contributed by atoms with Crippen molar-refractivity contribution in [1.82, 2.24) is 20.0 Å². The molecule has 0 unspecified atom stereocenters. The SMILES string of the molecule is CN(c1ccc(Cl)s1)c1n[nH]c(C2CCN(C(=O)N3CCOCC3)CC2)c1C#N. The Kier molecular flexibility index (Phi) is 5.94. The number of thiophene rings is 1. The Balaban J connectivity index is 1.44. The van der Waals surface area contributed by atoms with E-state index in [1.54, 1.807) is 0 Å². The zero-order valence-corrected chi connectivity index (χ0v) is 17.8. The maximum absolute atomic E-state index is 12.7. The normalized spacial score (nSPS) is 18.0. The molecule has 2 aliphatic heterocycles. The fourth-order valence-electron chi connectivity index (χ4n) is 3.90. The average molecular weight is 435 g/mol. The molecule has 0 bridgehead atoms. The van der Waals surface area contributed by atoms with Crippen LogP contribution in [0.3, 0.4) is 0 Å². The number of morpholine rings is 1. The van der Waals surface area contributed by atoms with E-state index in [1.807, 2.05) is 33.9 Å². The summed E-state index contributed by atoms with van der Waals surface area (Å²) in [5.41, 5.74) is 1.42. The highest BCUT2D eigenvalue weighted by Gasteiger charge is 2.31. The van der Waals surface area contributed by atoms with Crippen molar-refractivity contribution in [2.75, 3.05) is 51.3 Å². The summed E-state index contributed by atoms with van der Waals surface area (Å²) >= 11 is 7.49. The number of amides is 2. The lowest BCUT2D eigenvalue weighted by molar-refractivity contribution is 0.0411. The lowest BCUT2D eigenvalue weighted by Gasteiger charge is -2.36. The van der Waals surface area contributed by atoms with Gasteiger partial charge in [-0.25, -0.2) is 4.79 Å². The lowest BCUT2D eigenvalue weighted by Crippen LogP contribution is -2.50. The maximum atomic E-state index is 12.7. The Morgan fingerprint density at radius 3 is 2.62 bits per heavy atom. The number of nitriles is 1. The average Bonchev–Trinajstić information content (AvgIpc) is 3.39. The van der Waals surface area contributed by atoms with Crippen LogP contribution < -0.4 is 4.90 Å². The van der Waals surface area contributed by atoms with Gasteiger partial charge in [0, 0.05) is 39.1 Å². The molecule has 0 atom stereocenters. The van der Waals surface area contributed by atoms with Crippen molar-refractivity contribution in [2.24, 2.45) is 0 Å². The minimum atomic E-state index is 0.0897. The smallest absolute Gasteiger partial charge is 0.320 e. The van der Waals surface area contributed by atoms with Gasteiger partial charge in [0.15, 0.2) is 5.82 Å². The number of hydrogen-bond donors (Lipinski definition) is 1.